The first-order valence-electron chi connectivity index (χ1n) is 4.06. The van der Waals surface area contributed by atoms with Gasteiger partial charge >= 0.3 is 5.97 Å². The van der Waals surface area contributed by atoms with E-state index in [1.807, 2.05) is 6.07 Å². The molecule has 0 saturated heterocycles. The summed E-state index contributed by atoms with van der Waals surface area (Å²) in [6, 6.07) is 6.56. The first kappa shape index (κ1) is 10.6. The van der Waals surface area contributed by atoms with Gasteiger partial charge < -0.3 is 4.74 Å². The fourth-order valence-electron chi connectivity index (χ4n) is 0.985. The molecule has 0 aliphatic rings. The molecule has 0 bridgehead atoms. The van der Waals surface area contributed by atoms with Crippen LogP contribution < -0.4 is 0 Å². The lowest BCUT2D eigenvalue weighted by Gasteiger charge is -2.04. The van der Waals surface area contributed by atoms with Gasteiger partial charge in [0, 0.05) is 0 Å². The van der Waals surface area contributed by atoms with Crippen LogP contribution in [0.2, 0.25) is 5.02 Å². The van der Waals surface area contributed by atoms with Crippen molar-refractivity contribution in [2.45, 2.75) is 6.92 Å². The first-order chi connectivity index (χ1) is 6.70. The van der Waals surface area contributed by atoms with Crippen molar-refractivity contribution in [2.75, 3.05) is 6.61 Å². The van der Waals surface area contributed by atoms with E-state index in [2.05, 4.69) is 0 Å². The van der Waals surface area contributed by atoms with E-state index < -0.39 is 5.97 Å². The van der Waals surface area contributed by atoms with Crippen molar-refractivity contribution in [3.8, 4) is 6.07 Å². The molecule has 1 aromatic carbocycles. The molecular weight excluding hydrogens is 202 g/mol. The third-order valence-corrected chi connectivity index (χ3v) is 2.02. The first-order valence-corrected chi connectivity index (χ1v) is 4.44. The van der Waals surface area contributed by atoms with Crippen LogP contribution in [0, 0.1) is 11.3 Å². The molecule has 0 atom stereocenters. The Balaban J connectivity index is 3.11. The molecule has 0 aliphatic heterocycles. The molecule has 72 valence electrons. The summed E-state index contributed by atoms with van der Waals surface area (Å²) in [4.78, 5) is 11.3. The van der Waals surface area contributed by atoms with Gasteiger partial charge in [0.15, 0.2) is 0 Å². The van der Waals surface area contributed by atoms with Gasteiger partial charge in [0.25, 0.3) is 0 Å². The molecule has 0 aliphatic carbocycles. The number of hydrogen-bond donors (Lipinski definition) is 0. The number of halogens is 1. The minimum atomic E-state index is -0.505. The highest BCUT2D eigenvalue weighted by Crippen LogP contribution is 2.20. The van der Waals surface area contributed by atoms with Crippen molar-refractivity contribution in [3.05, 3.63) is 34.3 Å². The highest BCUT2D eigenvalue weighted by Gasteiger charge is 2.13. The Labute approximate surface area is 86.9 Å². The molecule has 14 heavy (non-hydrogen) atoms. The number of esters is 1. The third-order valence-electron chi connectivity index (χ3n) is 1.61. The zero-order chi connectivity index (χ0) is 10.6. The number of carbonyl (C=O) groups excluding carboxylic acids is 1. The largest absolute Gasteiger partial charge is 0.462 e. The summed E-state index contributed by atoms with van der Waals surface area (Å²) in [5.41, 5.74) is 0.504. The van der Waals surface area contributed by atoms with Crippen LogP contribution in [0.3, 0.4) is 0 Å². The van der Waals surface area contributed by atoms with E-state index in [0.29, 0.717) is 0 Å². The van der Waals surface area contributed by atoms with Gasteiger partial charge in [-0.15, -0.1) is 0 Å². The van der Waals surface area contributed by atoms with E-state index in [9.17, 15) is 4.79 Å². The minimum absolute atomic E-state index is 0.147. The van der Waals surface area contributed by atoms with Crippen molar-refractivity contribution < 1.29 is 9.53 Å². The van der Waals surface area contributed by atoms with Crippen LogP contribution in [0.1, 0.15) is 22.8 Å². The Morgan fingerprint density at radius 2 is 2.36 bits per heavy atom. The normalized spacial score (nSPS) is 9.21. The second kappa shape index (κ2) is 4.64. The maximum absolute atomic E-state index is 11.3. The fourth-order valence-corrected chi connectivity index (χ4v) is 1.23. The summed E-state index contributed by atoms with van der Waals surface area (Å²) in [5, 5.41) is 8.81. The van der Waals surface area contributed by atoms with Crippen LogP contribution in [-0.4, -0.2) is 12.6 Å². The fraction of sp³-hybridized carbons (Fsp3) is 0.200. The molecule has 0 aromatic heterocycles. The summed E-state index contributed by atoms with van der Waals surface area (Å²) < 4.78 is 4.78. The van der Waals surface area contributed by atoms with Crippen LogP contribution in [-0.2, 0) is 4.74 Å². The summed E-state index contributed by atoms with van der Waals surface area (Å²) in [5.74, 6) is -0.505. The van der Waals surface area contributed by atoms with Crippen molar-refractivity contribution in [3.63, 3.8) is 0 Å². The molecule has 0 radical (unpaired) electrons. The van der Waals surface area contributed by atoms with E-state index in [4.69, 9.17) is 21.6 Å². The molecule has 0 heterocycles. The molecule has 1 rings (SSSR count). The topological polar surface area (TPSA) is 50.1 Å². The maximum Gasteiger partial charge on any atom is 0.339 e. The molecule has 3 nitrogen and oxygen atoms in total. The predicted molar refractivity (Wildman–Crippen MR) is 52.1 cm³/mol. The van der Waals surface area contributed by atoms with Gasteiger partial charge in [0.05, 0.1) is 22.8 Å². The lowest BCUT2D eigenvalue weighted by Crippen LogP contribution is -2.05. The van der Waals surface area contributed by atoms with Crippen molar-refractivity contribution in [1.82, 2.24) is 0 Å². The lowest BCUT2D eigenvalue weighted by atomic mass is 10.1. The lowest BCUT2D eigenvalue weighted by molar-refractivity contribution is 0.0526. The van der Waals surface area contributed by atoms with Crippen molar-refractivity contribution in [1.29, 1.82) is 5.26 Å². The second-order valence-electron chi connectivity index (χ2n) is 2.50. The number of rotatable bonds is 2. The number of nitrogens with zero attached hydrogens (tertiary/aromatic N) is 1. The summed E-state index contributed by atoms with van der Waals surface area (Å²) in [6.07, 6.45) is 0. The Morgan fingerprint density at radius 1 is 1.64 bits per heavy atom. The highest BCUT2D eigenvalue weighted by atomic mass is 35.5. The van der Waals surface area contributed by atoms with Crippen LogP contribution in [0.5, 0.6) is 0 Å². The Bertz CT molecular complexity index is 396. The predicted octanol–water partition coefficient (Wildman–Crippen LogP) is 2.39. The molecule has 0 spiro atoms. The minimum Gasteiger partial charge on any atom is -0.462 e. The molecule has 0 amide bonds. The van der Waals surface area contributed by atoms with E-state index in [-0.39, 0.29) is 22.8 Å². The van der Waals surface area contributed by atoms with Gasteiger partial charge in [-0.3, -0.25) is 0 Å². The third kappa shape index (κ3) is 2.04. The zero-order valence-corrected chi connectivity index (χ0v) is 8.34. The quantitative estimate of drug-likeness (QED) is 0.703. The number of ether oxygens (including phenoxy) is 1. The van der Waals surface area contributed by atoms with E-state index in [1.165, 1.54) is 6.07 Å². The number of carbonyl (C=O) groups is 1. The average molecular weight is 210 g/mol. The molecule has 0 unspecified atom stereocenters. The molecule has 0 N–H and O–H groups in total. The molecule has 0 saturated carbocycles. The summed E-state index contributed by atoms with van der Waals surface area (Å²) >= 11 is 5.82. The van der Waals surface area contributed by atoms with Gasteiger partial charge in [0.2, 0.25) is 0 Å². The van der Waals surface area contributed by atoms with Crippen LogP contribution in [0.15, 0.2) is 18.2 Å². The van der Waals surface area contributed by atoms with Crippen LogP contribution >= 0.6 is 11.6 Å². The van der Waals surface area contributed by atoms with E-state index in [0.717, 1.165) is 0 Å². The van der Waals surface area contributed by atoms with Crippen molar-refractivity contribution in [2.24, 2.45) is 0 Å². The molecule has 1 aromatic rings. The Morgan fingerprint density at radius 3 is 2.93 bits per heavy atom. The molecule has 0 fully saturated rings. The van der Waals surface area contributed by atoms with Crippen LogP contribution in [0.25, 0.3) is 0 Å². The van der Waals surface area contributed by atoms with Gasteiger partial charge in [-0.25, -0.2) is 4.79 Å². The zero-order valence-electron chi connectivity index (χ0n) is 7.58. The molecular formula is C10H8ClNO2. The Hall–Kier alpha value is -1.53. The van der Waals surface area contributed by atoms with E-state index in [1.54, 1.807) is 19.1 Å². The standard InChI is InChI=1S/C10H8ClNO2/c1-2-14-10(13)8-5-3-4-7(6-12)9(8)11/h3-5H,2H2,1H3. The second-order valence-corrected chi connectivity index (χ2v) is 2.88. The Kier molecular flexibility index (Phi) is 3.49. The van der Waals surface area contributed by atoms with Gasteiger partial charge in [-0.2, -0.15) is 5.26 Å². The van der Waals surface area contributed by atoms with Crippen molar-refractivity contribution >= 4 is 17.6 Å². The van der Waals surface area contributed by atoms with Gasteiger partial charge in [0.1, 0.15) is 6.07 Å². The smallest absolute Gasteiger partial charge is 0.339 e. The summed E-state index contributed by atoms with van der Waals surface area (Å²) in [7, 11) is 0. The maximum atomic E-state index is 11.3. The number of nitriles is 1. The number of benzene rings is 1. The average Bonchev–Trinajstić information content (AvgIpc) is 2.18. The molecule has 4 heteroatoms. The van der Waals surface area contributed by atoms with Crippen LogP contribution in [0.4, 0.5) is 0 Å². The van der Waals surface area contributed by atoms with Gasteiger partial charge in [-0.1, -0.05) is 17.7 Å². The number of hydrogen-bond acceptors (Lipinski definition) is 3. The van der Waals surface area contributed by atoms with Gasteiger partial charge in [-0.05, 0) is 19.1 Å². The highest BCUT2D eigenvalue weighted by molar-refractivity contribution is 6.34. The van der Waals surface area contributed by atoms with E-state index >= 15 is 0 Å². The monoisotopic (exact) mass is 209 g/mol. The summed E-state index contributed by atoms with van der Waals surface area (Å²) in [6.45, 7) is 1.99. The SMILES string of the molecule is CCOC(=O)c1cccc(C#N)c1Cl.